The molecule has 2 rings (SSSR count). The highest BCUT2D eigenvalue weighted by atomic mass is 16.5. The van der Waals surface area contributed by atoms with Crippen LogP contribution in [0.1, 0.15) is 20.8 Å². The Bertz CT molecular complexity index is 486. The maximum Gasteiger partial charge on any atom is 0.120 e. The molecule has 0 bridgehead atoms. The topological polar surface area (TPSA) is 49.2 Å². The molecule has 102 valence electrons. The summed E-state index contributed by atoms with van der Waals surface area (Å²) < 4.78 is 13.1. The van der Waals surface area contributed by atoms with Crippen molar-refractivity contribution < 1.29 is 9.47 Å². The lowest BCUT2D eigenvalue weighted by Crippen LogP contribution is -2.22. The lowest BCUT2D eigenvalue weighted by molar-refractivity contribution is 0.130. The second-order valence-electron chi connectivity index (χ2n) is 5.20. The molecule has 5 heteroatoms. The average molecular weight is 261 g/mol. The lowest BCUT2D eigenvalue weighted by Gasteiger charge is -2.21. The van der Waals surface area contributed by atoms with Gasteiger partial charge in [0.15, 0.2) is 0 Å². The van der Waals surface area contributed by atoms with Gasteiger partial charge in [0.25, 0.3) is 0 Å². The van der Waals surface area contributed by atoms with E-state index in [1.807, 2.05) is 51.2 Å². The highest BCUT2D eigenvalue weighted by Gasteiger charge is 2.11. The van der Waals surface area contributed by atoms with Gasteiger partial charge in [-0.2, -0.15) is 0 Å². The summed E-state index contributed by atoms with van der Waals surface area (Å²) in [5.41, 5.74) is -0.185. The van der Waals surface area contributed by atoms with Crippen LogP contribution in [0.15, 0.2) is 36.7 Å². The number of ether oxygens (including phenoxy) is 2. The summed E-state index contributed by atoms with van der Waals surface area (Å²) in [6.07, 6.45) is 3.46. The maximum absolute atomic E-state index is 5.74. The van der Waals surface area contributed by atoms with Gasteiger partial charge in [0, 0.05) is 6.20 Å². The molecule has 0 radical (unpaired) electrons. The first-order valence-electron chi connectivity index (χ1n) is 6.29. The van der Waals surface area contributed by atoms with E-state index in [0.717, 1.165) is 11.5 Å². The first-order valence-corrected chi connectivity index (χ1v) is 6.29. The Morgan fingerprint density at radius 2 is 1.79 bits per heavy atom. The predicted molar refractivity (Wildman–Crippen MR) is 72.3 cm³/mol. The third kappa shape index (κ3) is 4.62. The van der Waals surface area contributed by atoms with E-state index in [2.05, 4.69) is 10.3 Å². The molecule has 1 aromatic heterocycles. The fourth-order valence-corrected chi connectivity index (χ4v) is 1.57. The van der Waals surface area contributed by atoms with Crippen LogP contribution in [0.5, 0.6) is 11.5 Å². The SMILES string of the molecule is CC(C)(C)Oc1ccc(OCCn2ccnn2)cc1. The predicted octanol–water partition coefficient (Wildman–Crippen LogP) is 2.53. The standard InChI is InChI=1S/C14H19N3O2/c1-14(2,3)19-13-6-4-12(5-7-13)18-11-10-17-9-8-15-16-17/h4-9H,10-11H2,1-3H3. The molecule has 0 spiro atoms. The summed E-state index contributed by atoms with van der Waals surface area (Å²) in [5, 5.41) is 7.60. The van der Waals surface area contributed by atoms with E-state index in [4.69, 9.17) is 9.47 Å². The minimum atomic E-state index is -0.185. The molecule has 0 saturated carbocycles. The van der Waals surface area contributed by atoms with E-state index < -0.39 is 0 Å². The van der Waals surface area contributed by atoms with Crippen molar-refractivity contribution in [2.24, 2.45) is 0 Å². The van der Waals surface area contributed by atoms with Gasteiger partial charge in [-0.3, -0.25) is 0 Å². The third-order valence-electron chi connectivity index (χ3n) is 2.31. The Balaban J connectivity index is 1.81. The molecule has 1 aromatic carbocycles. The Kier molecular flexibility index (Phi) is 4.04. The van der Waals surface area contributed by atoms with Gasteiger partial charge in [-0.25, -0.2) is 4.68 Å². The van der Waals surface area contributed by atoms with E-state index >= 15 is 0 Å². The Labute approximate surface area is 113 Å². The monoisotopic (exact) mass is 261 g/mol. The molecule has 0 unspecified atom stereocenters. The molecular formula is C14H19N3O2. The molecule has 0 fully saturated rings. The Morgan fingerprint density at radius 3 is 2.37 bits per heavy atom. The van der Waals surface area contributed by atoms with Crippen molar-refractivity contribution in [1.29, 1.82) is 0 Å². The minimum Gasteiger partial charge on any atom is -0.492 e. The van der Waals surface area contributed by atoms with Crippen molar-refractivity contribution in [3.63, 3.8) is 0 Å². The number of benzene rings is 1. The maximum atomic E-state index is 5.74. The van der Waals surface area contributed by atoms with Gasteiger partial charge in [-0.1, -0.05) is 5.21 Å². The molecule has 2 aromatic rings. The van der Waals surface area contributed by atoms with Gasteiger partial charge in [-0.15, -0.1) is 5.10 Å². The highest BCUT2D eigenvalue weighted by Crippen LogP contribution is 2.21. The van der Waals surface area contributed by atoms with Gasteiger partial charge in [0.2, 0.25) is 0 Å². The summed E-state index contributed by atoms with van der Waals surface area (Å²) in [4.78, 5) is 0. The summed E-state index contributed by atoms with van der Waals surface area (Å²) in [7, 11) is 0. The normalized spacial score (nSPS) is 11.3. The van der Waals surface area contributed by atoms with E-state index in [1.165, 1.54) is 0 Å². The number of hydrogen-bond donors (Lipinski definition) is 0. The van der Waals surface area contributed by atoms with Gasteiger partial charge in [0.05, 0.1) is 12.7 Å². The summed E-state index contributed by atoms with van der Waals surface area (Å²) >= 11 is 0. The van der Waals surface area contributed by atoms with Gasteiger partial charge >= 0.3 is 0 Å². The molecule has 0 amide bonds. The van der Waals surface area contributed by atoms with Crippen LogP contribution in [0.3, 0.4) is 0 Å². The van der Waals surface area contributed by atoms with E-state index in [9.17, 15) is 0 Å². The Hall–Kier alpha value is -2.04. The van der Waals surface area contributed by atoms with E-state index in [0.29, 0.717) is 13.2 Å². The van der Waals surface area contributed by atoms with Crippen LogP contribution in [-0.2, 0) is 6.54 Å². The van der Waals surface area contributed by atoms with Crippen LogP contribution in [-0.4, -0.2) is 27.2 Å². The number of hydrogen-bond acceptors (Lipinski definition) is 4. The van der Waals surface area contributed by atoms with Crippen molar-refractivity contribution >= 4 is 0 Å². The fourth-order valence-electron chi connectivity index (χ4n) is 1.57. The van der Waals surface area contributed by atoms with Crippen molar-refractivity contribution in [3.8, 4) is 11.5 Å². The molecule has 0 aliphatic carbocycles. The van der Waals surface area contributed by atoms with Crippen molar-refractivity contribution in [1.82, 2.24) is 15.0 Å². The van der Waals surface area contributed by atoms with Crippen LogP contribution in [0.2, 0.25) is 0 Å². The summed E-state index contributed by atoms with van der Waals surface area (Å²) in [6.45, 7) is 7.31. The van der Waals surface area contributed by atoms with Crippen LogP contribution < -0.4 is 9.47 Å². The molecule has 1 heterocycles. The fraction of sp³-hybridized carbons (Fsp3) is 0.429. The van der Waals surface area contributed by atoms with E-state index in [1.54, 1.807) is 10.9 Å². The Morgan fingerprint density at radius 1 is 1.11 bits per heavy atom. The van der Waals surface area contributed by atoms with Gasteiger partial charge in [-0.05, 0) is 45.0 Å². The molecule has 0 aliphatic heterocycles. The average Bonchev–Trinajstić information content (AvgIpc) is 2.82. The molecule has 0 saturated heterocycles. The number of nitrogens with zero attached hydrogens (tertiary/aromatic N) is 3. The zero-order chi connectivity index (χ0) is 13.7. The highest BCUT2D eigenvalue weighted by molar-refractivity contribution is 5.31. The quantitative estimate of drug-likeness (QED) is 0.830. The first kappa shape index (κ1) is 13.4. The number of rotatable bonds is 5. The van der Waals surface area contributed by atoms with Crippen LogP contribution in [0, 0.1) is 0 Å². The molecular weight excluding hydrogens is 242 g/mol. The van der Waals surface area contributed by atoms with Crippen LogP contribution in [0.25, 0.3) is 0 Å². The lowest BCUT2D eigenvalue weighted by atomic mass is 10.2. The zero-order valence-electron chi connectivity index (χ0n) is 11.5. The molecule has 19 heavy (non-hydrogen) atoms. The molecule has 0 atom stereocenters. The third-order valence-corrected chi connectivity index (χ3v) is 2.31. The second kappa shape index (κ2) is 5.73. The second-order valence-corrected chi connectivity index (χ2v) is 5.20. The van der Waals surface area contributed by atoms with Crippen LogP contribution >= 0.6 is 0 Å². The largest absolute Gasteiger partial charge is 0.492 e. The number of aromatic nitrogens is 3. The van der Waals surface area contributed by atoms with Gasteiger partial charge < -0.3 is 9.47 Å². The van der Waals surface area contributed by atoms with E-state index in [-0.39, 0.29) is 5.60 Å². The van der Waals surface area contributed by atoms with Crippen molar-refractivity contribution in [2.75, 3.05) is 6.61 Å². The molecule has 5 nitrogen and oxygen atoms in total. The van der Waals surface area contributed by atoms with Crippen LogP contribution in [0.4, 0.5) is 0 Å². The smallest absolute Gasteiger partial charge is 0.120 e. The van der Waals surface area contributed by atoms with Crippen molar-refractivity contribution in [2.45, 2.75) is 32.9 Å². The summed E-state index contributed by atoms with van der Waals surface area (Å²) in [5.74, 6) is 1.66. The summed E-state index contributed by atoms with van der Waals surface area (Å²) in [6, 6.07) is 7.64. The minimum absolute atomic E-state index is 0.185. The molecule has 0 aliphatic rings. The first-order chi connectivity index (χ1) is 9.03. The molecule has 0 N–H and O–H groups in total. The van der Waals surface area contributed by atoms with Gasteiger partial charge in [0.1, 0.15) is 23.7 Å². The van der Waals surface area contributed by atoms with Crippen molar-refractivity contribution in [3.05, 3.63) is 36.7 Å². The zero-order valence-corrected chi connectivity index (χ0v) is 11.5.